The minimum atomic E-state index is 0.667. The summed E-state index contributed by atoms with van der Waals surface area (Å²) in [5, 5.41) is 7.17. The zero-order chi connectivity index (χ0) is 2.99. The third kappa shape index (κ3) is 0.0866. The van der Waals surface area contributed by atoms with Crippen molar-refractivity contribution in [2.24, 2.45) is 0 Å². The van der Waals surface area contributed by atoms with Crippen LogP contribution in [0.1, 0.15) is 0 Å². The molecule has 0 saturated carbocycles. The summed E-state index contributed by atoms with van der Waals surface area (Å²) in [7, 11) is 0. The molecule has 4 heavy (non-hydrogen) atoms. The van der Waals surface area contributed by atoms with Crippen molar-refractivity contribution in [3.63, 3.8) is 0 Å². The summed E-state index contributed by atoms with van der Waals surface area (Å²) < 4.78 is 0. The van der Waals surface area contributed by atoms with Crippen molar-refractivity contribution >= 4 is 6.91 Å². The van der Waals surface area contributed by atoms with Crippen molar-refractivity contribution in [1.82, 2.24) is 0 Å². The van der Waals surface area contributed by atoms with E-state index in [1.165, 1.54) is 0 Å². The first-order valence-corrected chi connectivity index (χ1v) is 1.16. The quantitative estimate of drug-likeness (QED) is 0.406. The van der Waals surface area contributed by atoms with Crippen LogP contribution in [0.2, 0.25) is 0 Å². The molecule has 1 nitrogen and oxygen atoms in total. The predicted molar refractivity (Wildman–Crippen MR) is 16.0 cm³/mol. The zero-order valence-corrected chi connectivity index (χ0v) is 2.15. The molecule has 0 saturated heterocycles. The topological polar surface area (TPSA) is 23.9 Å². The summed E-state index contributed by atoms with van der Waals surface area (Å²) in [4.78, 5) is 0. The van der Waals surface area contributed by atoms with E-state index in [1.807, 2.05) is 0 Å². The second-order valence-electron chi connectivity index (χ2n) is 0.789. The van der Waals surface area contributed by atoms with Crippen LogP contribution in [0.25, 0.3) is 0 Å². The van der Waals surface area contributed by atoms with Crippen LogP contribution in [0.15, 0.2) is 5.96 Å². The Labute approximate surface area is 24.7 Å². The standard InChI is InChI=1S/C2H2BN/c4-2-1-3-2/h1,4H. The summed E-state index contributed by atoms with van der Waals surface area (Å²) >= 11 is 0. The second-order valence-corrected chi connectivity index (χ2v) is 0.789. The molecule has 0 aliphatic carbocycles. The van der Waals surface area contributed by atoms with Gasteiger partial charge in [0.1, 0.15) is 0 Å². The fourth-order valence-corrected chi connectivity index (χ4v) is 0.0417. The molecule has 1 aromatic heterocycles. The van der Waals surface area contributed by atoms with Crippen molar-refractivity contribution in [3.05, 3.63) is 11.2 Å². The van der Waals surface area contributed by atoms with E-state index in [-0.39, 0.29) is 0 Å². The molecule has 0 unspecified atom stereocenters. The van der Waals surface area contributed by atoms with Crippen LogP contribution >= 0.6 is 0 Å². The van der Waals surface area contributed by atoms with Gasteiger partial charge in [-0.2, -0.15) is 0 Å². The maximum absolute atomic E-state index is 6.50. The fourth-order valence-electron chi connectivity index (χ4n) is 0.0417. The van der Waals surface area contributed by atoms with E-state index in [2.05, 4.69) is 0 Å². The van der Waals surface area contributed by atoms with Crippen molar-refractivity contribution in [2.75, 3.05) is 0 Å². The molecule has 1 rings (SSSR count). The molecule has 18 valence electrons. The number of hydrogen-bond donors (Lipinski definition) is 1. The van der Waals surface area contributed by atoms with E-state index >= 15 is 0 Å². The van der Waals surface area contributed by atoms with Crippen molar-refractivity contribution in [3.8, 4) is 0 Å². The molecule has 2 heteroatoms. The van der Waals surface area contributed by atoms with Gasteiger partial charge in [-0.25, -0.2) is 0 Å². The van der Waals surface area contributed by atoms with Gasteiger partial charge < -0.3 is 0 Å². The van der Waals surface area contributed by atoms with Gasteiger partial charge in [-0.05, 0) is 0 Å². The van der Waals surface area contributed by atoms with Crippen molar-refractivity contribution in [1.29, 1.82) is 5.41 Å². The van der Waals surface area contributed by atoms with E-state index in [1.54, 1.807) is 12.9 Å². The molecule has 0 fully saturated rings. The summed E-state index contributed by atoms with van der Waals surface area (Å²) in [6.07, 6.45) is 0. The molecular weight excluding hydrogens is 48.8 g/mol. The molecule has 1 heterocycles. The van der Waals surface area contributed by atoms with Crippen LogP contribution in [0, 0.1) is 5.41 Å². The van der Waals surface area contributed by atoms with Crippen LogP contribution in [0.3, 0.4) is 0 Å². The third-order valence-electron chi connectivity index (χ3n) is 0.333. The third-order valence-corrected chi connectivity index (χ3v) is 0.333. The molecular formula is C2H2BN. The molecule has 0 atom stereocenters. The Morgan fingerprint density at radius 2 is 2.25 bits per heavy atom. The Kier molecular flexibility index (Phi) is 0.149. The van der Waals surface area contributed by atoms with Crippen LogP contribution in [-0.2, 0) is 0 Å². The van der Waals surface area contributed by atoms with Crippen LogP contribution in [0.5, 0.6) is 0 Å². The Hall–Kier alpha value is -0.395. The second kappa shape index (κ2) is 0.316. The first-order chi connectivity index (χ1) is 1.89. The molecule has 0 bridgehead atoms. The predicted octanol–water partition coefficient (Wildman–Crippen LogP) is -0.620. The van der Waals surface area contributed by atoms with E-state index in [9.17, 15) is 0 Å². The van der Waals surface area contributed by atoms with Crippen LogP contribution in [-0.4, -0.2) is 6.91 Å². The molecule has 0 amide bonds. The maximum atomic E-state index is 6.50. The monoisotopic (exact) mass is 51.0 g/mol. The SMILES string of the molecule is N=c1bc1. The van der Waals surface area contributed by atoms with Gasteiger partial charge in [-0.15, -0.1) is 0 Å². The fraction of sp³-hybridized carbons (Fsp3) is 0. The van der Waals surface area contributed by atoms with E-state index in [0.717, 1.165) is 0 Å². The molecule has 1 N–H and O–H groups in total. The van der Waals surface area contributed by atoms with Gasteiger partial charge in [0.05, 0.1) is 0 Å². The van der Waals surface area contributed by atoms with Gasteiger partial charge >= 0.3 is 23.5 Å². The molecule has 0 spiro atoms. The molecule has 0 radical (unpaired) electrons. The van der Waals surface area contributed by atoms with Gasteiger partial charge in [0.25, 0.3) is 0 Å². The Morgan fingerprint density at radius 1 is 2.00 bits per heavy atom. The Bertz CT molecular complexity index is 94.8. The van der Waals surface area contributed by atoms with E-state index in [0.29, 0.717) is 5.25 Å². The minimum absolute atomic E-state index is 0.667. The van der Waals surface area contributed by atoms with E-state index in [4.69, 9.17) is 5.41 Å². The van der Waals surface area contributed by atoms with Crippen LogP contribution < -0.4 is 5.25 Å². The zero-order valence-electron chi connectivity index (χ0n) is 2.15. The van der Waals surface area contributed by atoms with Gasteiger partial charge in [0.2, 0.25) is 0 Å². The first kappa shape index (κ1) is 1.88. The number of hydrogen-bond acceptors (Lipinski definition) is 1. The summed E-state index contributed by atoms with van der Waals surface area (Å²) in [5.74, 6) is 1.75. The molecule has 1 aromatic rings. The molecule has 0 aromatic carbocycles. The Morgan fingerprint density at radius 3 is 2.25 bits per heavy atom. The average molecular weight is 50.9 g/mol. The first-order valence-electron chi connectivity index (χ1n) is 1.16. The summed E-state index contributed by atoms with van der Waals surface area (Å²) in [5.41, 5.74) is 0. The number of nitrogens with one attached hydrogen (secondary N) is 1. The Balaban J connectivity index is 3.55. The molecule has 0 aliphatic rings. The average Bonchev–Trinajstić information content (AvgIpc) is 1.75. The number of rotatable bonds is 0. The van der Waals surface area contributed by atoms with Crippen molar-refractivity contribution in [2.45, 2.75) is 0 Å². The van der Waals surface area contributed by atoms with E-state index < -0.39 is 0 Å². The summed E-state index contributed by atoms with van der Waals surface area (Å²) in [6, 6.07) is 0. The summed E-state index contributed by atoms with van der Waals surface area (Å²) in [6.45, 7) is 1.75. The van der Waals surface area contributed by atoms with Crippen LogP contribution in [0.4, 0.5) is 0 Å². The van der Waals surface area contributed by atoms with Gasteiger partial charge in [0, 0.05) is 0 Å². The van der Waals surface area contributed by atoms with Gasteiger partial charge in [-0.3, -0.25) is 0 Å². The normalized spacial score (nSPS) is 8.00. The van der Waals surface area contributed by atoms with Gasteiger partial charge in [0.15, 0.2) is 0 Å². The van der Waals surface area contributed by atoms with Gasteiger partial charge in [-0.1, -0.05) is 0 Å². The van der Waals surface area contributed by atoms with Crippen molar-refractivity contribution < 1.29 is 0 Å². The molecule has 0 aliphatic heterocycles.